The highest BCUT2D eigenvalue weighted by Gasteiger charge is 2.27. The van der Waals surface area contributed by atoms with Gasteiger partial charge >= 0.3 is 0 Å². The lowest BCUT2D eigenvalue weighted by molar-refractivity contribution is -0.134. The van der Waals surface area contributed by atoms with Crippen LogP contribution >= 0.6 is 0 Å². The number of hydrogen-bond donors (Lipinski definition) is 0. The first-order valence-corrected chi connectivity index (χ1v) is 8.56. The Labute approximate surface area is 144 Å². The van der Waals surface area contributed by atoms with Gasteiger partial charge in [0.05, 0.1) is 0 Å². The van der Waals surface area contributed by atoms with Gasteiger partial charge in [-0.2, -0.15) is 0 Å². The largest absolute Gasteiger partial charge is 0.353 e. The van der Waals surface area contributed by atoms with Crippen LogP contribution < -0.4 is 4.90 Å². The van der Waals surface area contributed by atoms with Gasteiger partial charge in [0, 0.05) is 58.3 Å². The van der Waals surface area contributed by atoms with E-state index in [2.05, 4.69) is 16.8 Å². The number of aromatic nitrogens is 1. The molecule has 0 aromatic carbocycles. The first kappa shape index (κ1) is 18.2. The zero-order valence-electron chi connectivity index (χ0n) is 15.2. The van der Waals surface area contributed by atoms with Crippen LogP contribution in [0.1, 0.15) is 31.9 Å². The molecule has 2 rings (SSSR count). The maximum absolute atomic E-state index is 12.4. The maximum atomic E-state index is 12.4. The number of carbonyl (C=O) groups excluding carboxylic acids is 2. The molecular weight excluding hydrogens is 304 g/mol. The van der Waals surface area contributed by atoms with E-state index in [1.807, 2.05) is 30.0 Å². The quantitative estimate of drug-likeness (QED) is 0.823. The Morgan fingerprint density at radius 1 is 1.25 bits per heavy atom. The lowest BCUT2D eigenvalue weighted by Gasteiger charge is -2.40. The van der Waals surface area contributed by atoms with E-state index in [9.17, 15) is 9.59 Å². The highest BCUT2D eigenvalue weighted by Crippen LogP contribution is 2.18. The van der Waals surface area contributed by atoms with E-state index < -0.39 is 0 Å². The minimum Gasteiger partial charge on any atom is -0.353 e. The van der Waals surface area contributed by atoms with Crippen LogP contribution in [-0.2, 0) is 9.59 Å². The van der Waals surface area contributed by atoms with E-state index in [1.54, 1.807) is 19.0 Å². The van der Waals surface area contributed by atoms with Crippen molar-refractivity contribution in [3.05, 3.63) is 23.9 Å². The van der Waals surface area contributed by atoms with Gasteiger partial charge < -0.3 is 14.7 Å². The smallest absolute Gasteiger partial charge is 0.222 e. The van der Waals surface area contributed by atoms with Crippen molar-refractivity contribution in [3.63, 3.8) is 0 Å². The number of carbonyl (C=O) groups is 2. The molecule has 0 radical (unpaired) electrons. The zero-order valence-corrected chi connectivity index (χ0v) is 15.2. The van der Waals surface area contributed by atoms with Crippen molar-refractivity contribution in [1.82, 2.24) is 14.8 Å². The third-order valence-electron chi connectivity index (χ3n) is 4.43. The zero-order chi connectivity index (χ0) is 17.7. The number of anilines is 1. The summed E-state index contributed by atoms with van der Waals surface area (Å²) in [7, 11) is 3.48. The molecule has 1 aromatic rings. The second kappa shape index (κ2) is 8.13. The monoisotopic (exact) mass is 332 g/mol. The second-order valence-corrected chi connectivity index (χ2v) is 6.66. The van der Waals surface area contributed by atoms with Crippen LogP contribution in [-0.4, -0.2) is 66.4 Å². The summed E-state index contributed by atoms with van der Waals surface area (Å²) >= 11 is 0. The Morgan fingerprint density at radius 3 is 2.62 bits per heavy atom. The lowest BCUT2D eigenvalue weighted by atomic mass is 10.1. The number of pyridine rings is 1. The predicted molar refractivity (Wildman–Crippen MR) is 94.9 cm³/mol. The highest BCUT2D eigenvalue weighted by atomic mass is 16.2. The molecule has 24 heavy (non-hydrogen) atoms. The molecule has 6 heteroatoms. The van der Waals surface area contributed by atoms with Crippen LogP contribution in [0.5, 0.6) is 0 Å². The topological polar surface area (TPSA) is 56.8 Å². The average Bonchev–Trinajstić information content (AvgIpc) is 2.54. The number of rotatable bonds is 5. The van der Waals surface area contributed by atoms with Crippen molar-refractivity contribution in [2.75, 3.05) is 38.6 Å². The summed E-state index contributed by atoms with van der Waals surface area (Å²) in [6.45, 7) is 6.35. The molecule has 0 N–H and O–H groups in total. The lowest BCUT2D eigenvalue weighted by Crippen LogP contribution is -2.54. The molecule has 132 valence electrons. The number of piperazine rings is 1. The number of hydrogen-bond acceptors (Lipinski definition) is 4. The fourth-order valence-electron chi connectivity index (χ4n) is 3.00. The summed E-state index contributed by atoms with van der Waals surface area (Å²) < 4.78 is 0. The Kier molecular flexibility index (Phi) is 6.17. The summed E-state index contributed by atoms with van der Waals surface area (Å²) in [6.07, 6.45) is 1.48. The van der Waals surface area contributed by atoms with Crippen molar-refractivity contribution >= 4 is 17.6 Å². The number of amides is 2. The molecule has 0 aliphatic carbocycles. The first-order valence-electron chi connectivity index (χ1n) is 8.56. The predicted octanol–water partition coefficient (Wildman–Crippen LogP) is 1.69. The maximum Gasteiger partial charge on any atom is 0.222 e. The van der Waals surface area contributed by atoms with Gasteiger partial charge in [0.1, 0.15) is 5.82 Å². The SMILES string of the molecule is Cc1cccc(N2CCN(C(=O)CCCC(=O)N(C)C)[C@H](C)C2)n1. The summed E-state index contributed by atoms with van der Waals surface area (Å²) in [5.74, 6) is 1.20. The molecule has 1 atom stereocenters. The molecule has 0 bridgehead atoms. The van der Waals surface area contributed by atoms with Crippen molar-refractivity contribution in [3.8, 4) is 0 Å². The van der Waals surface area contributed by atoms with Gasteiger partial charge in [0.25, 0.3) is 0 Å². The van der Waals surface area contributed by atoms with E-state index in [-0.39, 0.29) is 17.9 Å². The molecule has 1 saturated heterocycles. The van der Waals surface area contributed by atoms with Gasteiger partial charge in [-0.05, 0) is 32.4 Å². The van der Waals surface area contributed by atoms with Crippen molar-refractivity contribution < 1.29 is 9.59 Å². The number of nitrogens with zero attached hydrogens (tertiary/aromatic N) is 4. The molecule has 1 aromatic heterocycles. The summed E-state index contributed by atoms with van der Waals surface area (Å²) in [5, 5.41) is 0. The van der Waals surface area contributed by atoms with Crippen LogP contribution in [0.3, 0.4) is 0 Å². The molecule has 1 fully saturated rings. The Hall–Kier alpha value is -2.11. The molecule has 2 heterocycles. The van der Waals surface area contributed by atoms with Crippen molar-refractivity contribution in [2.24, 2.45) is 0 Å². The summed E-state index contributed by atoms with van der Waals surface area (Å²) in [6, 6.07) is 6.17. The molecule has 0 unspecified atom stereocenters. The Bertz CT molecular complexity index is 588. The molecule has 0 saturated carbocycles. The van der Waals surface area contributed by atoms with Crippen LogP contribution in [0.25, 0.3) is 0 Å². The van der Waals surface area contributed by atoms with Gasteiger partial charge in [0.2, 0.25) is 11.8 Å². The Morgan fingerprint density at radius 2 is 2.00 bits per heavy atom. The van der Waals surface area contributed by atoms with E-state index in [1.165, 1.54) is 0 Å². The third kappa shape index (κ3) is 4.69. The molecule has 2 amide bonds. The molecular formula is C18H28N4O2. The van der Waals surface area contributed by atoms with Crippen LogP contribution in [0.15, 0.2) is 18.2 Å². The molecule has 1 aliphatic rings. The molecule has 6 nitrogen and oxygen atoms in total. The Balaban J connectivity index is 1.84. The third-order valence-corrected chi connectivity index (χ3v) is 4.43. The van der Waals surface area contributed by atoms with Crippen LogP contribution in [0.4, 0.5) is 5.82 Å². The normalized spacial score (nSPS) is 17.8. The van der Waals surface area contributed by atoms with Crippen molar-refractivity contribution in [2.45, 2.75) is 39.2 Å². The van der Waals surface area contributed by atoms with Gasteiger partial charge in [-0.1, -0.05) is 6.07 Å². The van der Waals surface area contributed by atoms with E-state index in [0.717, 1.165) is 24.6 Å². The first-order chi connectivity index (χ1) is 11.4. The van der Waals surface area contributed by atoms with E-state index in [4.69, 9.17) is 0 Å². The number of aryl methyl sites for hydroxylation is 1. The second-order valence-electron chi connectivity index (χ2n) is 6.66. The molecule has 0 spiro atoms. The van der Waals surface area contributed by atoms with E-state index >= 15 is 0 Å². The van der Waals surface area contributed by atoms with E-state index in [0.29, 0.717) is 25.8 Å². The highest BCUT2D eigenvalue weighted by molar-refractivity contribution is 5.79. The summed E-state index contributed by atoms with van der Waals surface area (Å²) in [5.41, 5.74) is 1.00. The van der Waals surface area contributed by atoms with Gasteiger partial charge in [-0.25, -0.2) is 4.98 Å². The summed E-state index contributed by atoms with van der Waals surface area (Å²) in [4.78, 5) is 34.3. The fraction of sp³-hybridized carbons (Fsp3) is 0.611. The standard InChI is InChI=1S/C18H28N4O2/c1-14-7-5-8-16(19-14)21-11-12-22(15(2)13-21)18(24)10-6-9-17(23)20(3)4/h5,7-8,15H,6,9-13H2,1-4H3/t15-/m1/s1. The van der Waals surface area contributed by atoms with Gasteiger partial charge in [-0.3, -0.25) is 9.59 Å². The van der Waals surface area contributed by atoms with Crippen LogP contribution in [0.2, 0.25) is 0 Å². The molecule has 1 aliphatic heterocycles. The van der Waals surface area contributed by atoms with Crippen molar-refractivity contribution in [1.29, 1.82) is 0 Å². The fourth-order valence-corrected chi connectivity index (χ4v) is 3.00. The minimum absolute atomic E-state index is 0.0752. The average molecular weight is 332 g/mol. The van der Waals surface area contributed by atoms with Gasteiger partial charge in [0.15, 0.2) is 0 Å². The van der Waals surface area contributed by atoms with Crippen LogP contribution in [0, 0.1) is 6.92 Å². The van der Waals surface area contributed by atoms with Gasteiger partial charge in [-0.15, -0.1) is 0 Å². The minimum atomic E-state index is 0.0752.